The van der Waals surface area contributed by atoms with Crippen LogP contribution in [0.3, 0.4) is 0 Å². The highest BCUT2D eigenvalue weighted by atomic mass is 16.5. The molecule has 1 heterocycles. The zero-order valence-electron chi connectivity index (χ0n) is 7.76. The largest absolute Gasteiger partial charge is 0.374 e. The van der Waals surface area contributed by atoms with E-state index in [2.05, 4.69) is 6.07 Å². The Morgan fingerprint density at radius 1 is 1.14 bits per heavy atom. The summed E-state index contributed by atoms with van der Waals surface area (Å²) in [4.78, 5) is 0. The molecule has 6 fully saturated rings. The normalized spacial score (nSPS) is 86.9. The highest BCUT2D eigenvalue weighted by molar-refractivity contribution is 5.46. The Labute approximate surface area is 82.2 Å². The zero-order valence-corrected chi connectivity index (χ0v) is 7.76. The molecule has 0 unspecified atom stereocenters. The van der Waals surface area contributed by atoms with Gasteiger partial charge in [-0.3, -0.25) is 0 Å². The highest BCUT2D eigenvalue weighted by Gasteiger charge is 2.96. The first-order chi connectivity index (χ1) is 6.89. The quantitative estimate of drug-likeness (QED) is 0.565. The minimum absolute atomic E-state index is 0.194. The van der Waals surface area contributed by atoms with E-state index in [1.807, 2.05) is 0 Å². The van der Waals surface area contributed by atoms with Gasteiger partial charge >= 0.3 is 0 Å². The van der Waals surface area contributed by atoms with Gasteiger partial charge in [0.2, 0.25) is 0 Å². The smallest absolute Gasteiger partial charge is 0.0699 e. The van der Waals surface area contributed by atoms with Gasteiger partial charge in [-0.2, -0.15) is 5.26 Å². The molecule has 70 valence electrons. The molecule has 0 amide bonds. The van der Waals surface area contributed by atoms with Crippen molar-refractivity contribution in [1.82, 2.24) is 0 Å². The third-order valence-electron chi connectivity index (χ3n) is 6.79. The fourth-order valence-corrected chi connectivity index (χ4v) is 7.06. The number of hydrogen-bond acceptors (Lipinski definition) is 2. The van der Waals surface area contributed by atoms with Gasteiger partial charge in [-0.05, 0) is 47.8 Å². The molecule has 1 aliphatic heterocycles. The van der Waals surface area contributed by atoms with Gasteiger partial charge in [-0.25, -0.2) is 0 Å². The third kappa shape index (κ3) is 0.283. The Morgan fingerprint density at radius 3 is 2.86 bits per heavy atom. The fourth-order valence-electron chi connectivity index (χ4n) is 7.06. The summed E-state index contributed by atoms with van der Waals surface area (Å²) in [5.74, 6) is 5.74. The Hall–Kier alpha value is -0.550. The van der Waals surface area contributed by atoms with Crippen LogP contribution < -0.4 is 0 Å². The molecule has 0 aromatic rings. The predicted octanol–water partition coefficient (Wildman–Crippen LogP) is 1.04. The molecule has 0 spiro atoms. The summed E-state index contributed by atoms with van der Waals surface area (Å²) < 4.78 is 6.14. The second-order valence-electron chi connectivity index (χ2n) is 6.39. The van der Waals surface area contributed by atoms with Gasteiger partial charge in [0.1, 0.15) is 0 Å². The number of ether oxygens (including phenoxy) is 1. The van der Waals surface area contributed by atoms with E-state index in [0.29, 0.717) is 12.2 Å². The van der Waals surface area contributed by atoms with Gasteiger partial charge in [0.25, 0.3) is 0 Å². The molecule has 0 bridgehead atoms. The van der Waals surface area contributed by atoms with Gasteiger partial charge in [-0.1, -0.05) is 0 Å². The number of fused-ring (bicyclic) bond motifs is 2. The van der Waals surface area contributed by atoms with Crippen molar-refractivity contribution in [3.05, 3.63) is 0 Å². The van der Waals surface area contributed by atoms with Gasteiger partial charge in [0.15, 0.2) is 0 Å². The summed E-state index contributed by atoms with van der Waals surface area (Å²) in [5, 5.41) is 9.46. The van der Waals surface area contributed by atoms with E-state index in [1.165, 1.54) is 6.42 Å². The van der Waals surface area contributed by atoms with Crippen LogP contribution in [-0.4, -0.2) is 12.2 Å². The van der Waals surface area contributed by atoms with Crippen LogP contribution in [0.1, 0.15) is 6.42 Å². The Bertz CT molecular complexity index is 426. The lowest BCUT2D eigenvalue weighted by Gasteiger charge is -2.31. The summed E-state index contributed by atoms with van der Waals surface area (Å²) in [6.45, 7) is 0. The van der Waals surface area contributed by atoms with Crippen LogP contribution in [0.2, 0.25) is 0 Å². The van der Waals surface area contributed by atoms with Crippen LogP contribution >= 0.6 is 0 Å². The van der Waals surface area contributed by atoms with Crippen molar-refractivity contribution in [2.24, 2.45) is 46.8 Å². The summed E-state index contributed by atoms with van der Waals surface area (Å²) in [5.41, 5.74) is 0.194. The van der Waals surface area contributed by atoms with Crippen molar-refractivity contribution in [1.29, 1.82) is 5.26 Å². The van der Waals surface area contributed by atoms with Crippen molar-refractivity contribution in [3.8, 4) is 6.07 Å². The van der Waals surface area contributed by atoms with Crippen LogP contribution in [-0.2, 0) is 4.74 Å². The molecule has 10 atom stereocenters. The van der Waals surface area contributed by atoms with Crippen molar-refractivity contribution in [3.63, 3.8) is 0 Å². The van der Waals surface area contributed by atoms with Crippen LogP contribution in [0, 0.1) is 58.2 Å². The maximum absolute atomic E-state index is 9.46. The minimum atomic E-state index is 0.194. The lowest BCUT2D eigenvalue weighted by molar-refractivity contribution is -0.0448. The zero-order chi connectivity index (χ0) is 8.82. The average molecular weight is 185 g/mol. The molecular weight excluding hydrogens is 174 g/mol. The molecule has 5 saturated carbocycles. The van der Waals surface area contributed by atoms with Gasteiger partial charge in [0.05, 0.1) is 23.7 Å². The van der Waals surface area contributed by atoms with E-state index < -0.39 is 0 Å². The predicted molar refractivity (Wildman–Crippen MR) is 45.8 cm³/mol. The molecule has 0 radical (unpaired) electrons. The summed E-state index contributed by atoms with van der Waals surface area (Å²) in [6.07, 6.45) is 2.49. The van der Waals surface area contributed by atoms with E-state index in [0.717, 1.165) is 41.4 Å². The lowest BCUT2D eigenvalue weighted by Crippen LogP contribution is -2.33. The van der Waals surface area contributed by atoms with Crippen molar-refractivity contribution in [2.75, 3.05) is 0 Å². The van der Waals surface area contributed by atoms with Crippen LogP contribution in [0.4, 0.5) is 0 Å². The standard InChI is InChI=1S/C12H11NO/c13-2-12-8-3-1-4-6(8)7-10(12)9(12)5(3)11(7)14-4/h3-11H,1H2/t3-,4+,5+,6+,7-,8-,9-,10+,11-,12+/m1/s1. The molecule has 5 aliphatic carbocycles. The second-order valence-corrected chi connectivity index (χ2v) is 6.39. The molecule has 14 heavy (non-hydrogen) atoms. The van der Waals surface area contributed by atoms with Crippen LogP contribution in [0.25, 0.3) is 0 Å². The second kappa shape index (κ2) is 1.30. The molecule has 0 aromatic heterocycles. The Kier molecular flexibility index (Phi) is 0.568. The van der Waals surface area contributed by atoms with Gasteiger partial charge < -0.3 is 4.74 Å². The summed E-state index contributed by atoms with van der Waals surface area (Å²) in [6, 6.07) is 2.72. The first-order valence-corrected chi connectivity index (χ1v) is 5.96. The monoisotopic (exact) mass is 185 g/mol. The number of hydrogen-bond donors (Lipinski definition) is 0. The van der Waals surface area contributed by atoms with Crippen molar-refractivity contribution >= 4 is 0 Å². The molecule has 2 heteroatoms. The van der Waals surface area contributed by atoms with E-state index in [4.69, 9.17) is 4.74 Å². The van der Waals surface area contributed by atoms with E-state index in [-0.39, 0.29) is 5.41 Å². The van der Waals surface area contributed by atoms with Gasteiger partial charge in [-0.15, -0.1) is 0 Å². The van der Waals surface area contributed by atoms with E-state index in [9.17, 15) is 5.26 Å². The highest BCUT2D eigenvalue weighted by Crippen LogP contribution is 2.94. The first-order valence-electron chi connectivity index (χ1n) is 5.96. The van der Waals surface area contributed by atoms with Crippen LogP contribution in [0.15, 0.2) is 0 Å². The SMILES string of the molecule is N#C[C@]12[C@@H]3[C@@H]4C[C@@H]5O[C@@H]6[C@@H]4[C@@H]1[C@@H]2[C@H]6[C@@H]35. The molecular formula is C12H11NO. The molecule has 6 rings (SSSR count). The summed E-state index contributed by atoms with van der Waals surface area (Å²) in [7, 11) is 0. The van der Waals surface area contributed by atoms with Crippen LogP contribution in [0.5, 0.6) is 0 Å². The number of nitrogens with zero attached hydrogens (tertiary/aromatic N) is 1. The maximum atomic E-state index is 9.46. The molecule has 6 aliphatic rings. The number of nitriles is 1. The summed E-state index contributed by atoms with van der Waals surface area (Å²) >= 11 is 0. The van der Waals surface area contributed by atoms with Crippen molar-refractivity contribution < 1.29 is 4.74 Å². The minimum Gasteiger partial charge on any atom is -0.374 e. The van der Waals surface area contributed by atoms with E-state index >= 15 is 0 Å². The molecule has 1 saturated heterocycles. The Morgan fingerprint density at radius 2 is 2.00 bits per heavy atom. The molecule has 2 nitrogen and oxygen atoms in total. The maximum Gasteiger partial charge on any atom is 0.0699 e. The van der Waals surface area contributed by atoms with E-state index in [1.54, 1.807) is 0 Å². The lowest BCUT2D eigenvalue weighted by atomic mass is 9.76. The van der Waals surface area contributed by atoms with Gasteiger partial charge in [0, 0.05) is 0 Å². The van der Waals surface area contributed by atoms with Crippen molar-refractivity contribution in [2.45, 2.75) is 18.6 Å². The Balaban J connectivity index is 1.76. The molecule has 0 aromatic carbocycles. The number of rotatable bonds is 0. The first kappa shape index (κ1) is 6.12. The fraction of sp³-hybridized carbons (Fsp3) is 0.917. The average Bonchev–Trinajstić information content (AvgIpc) is 2.54. The topological polar surface area (TPSA) is 33.0 Å². The third-order valence-corrected chi connectivity index (χ3v) is 6.79. The molecule has 0 N–H and O–H groups in total.